The van der Waals surface area contributed by atoms with Crippen molar-refractivity contribution in [1.29, 1.82) is 0 Å². The molecule has 24 heavy (non-hydrogen) atoms. The third-order valence-corrected chi connectivity index (χ3v) is 4.30. The van der Waals surface area contributed by atoms with Crippen LogP contribution in [0.5, 0.6) is 0 Å². The maximum Gasteiger partial charge on any atom is 0.319 e. The topological polar surface area (TPSA) is 101 Å². The minimum absolute atomic E-state index is 0.0450. The molecule has 0 saturated carbocycles. The second-order valence-corrected chi connectivity index (χ2v) is 6.85. The van der Waals surface area contributed by atoms with E-state index in [1.807, 2.05) is 0 Å². The van der Waals surface area contributed by atoms with Crippen molar-refractivity contribution in [2.45, 2.75) is 18.2 Å². The Balaban J connectivity index is 1.83. The molecule has 0 spiro atoms. The van der Waals surface area contributed by atoms with Gasteiger partial charge in [0.1, 0.15) is 5.82 Å². The first-order valence-corrected chi connectivity index (χ1v) is 8.73. The van der Waals surface area contributed by atoms with Crippen LogP contribution in [0.3, 0.4) is 0 Å². The molecule has 0 heterocycles. The Morgan fingerprint density at radius 2 is 1.83 bits per heavy atom. The molecule has 0 radical (unpaired) electrons. The highest BCUT2D eigenvalue weighted by atomic mass is 32.2. The van der Waals surface area contributed by atoms with Gasteiger partial charge in [-0.1, -0.05) is 12.1 Å². The lowest BCUT2D eigenvalue weighted by Gasteiger charge is -2.09. The number of carbonyl (C=O) groups is 1. The fraction of sp³-hybridized carbons (Fsp3) is 0.188. The molecule has 0 saturated heterocycles. The number of rotatable bonds is 5. The maximum absolute atomic E-state index is 13.2. The van der Waals surface area contributed by atoms with E-state index >= 15 is 0 Å². The highest BCUT2D eigenvalue weighted by molar-refractivity contribution is 7.89. The lowest BCUT2D eigenvalue weighted by atomic mass is 10.1. The van der Waals surface area contributed by atoms with E-state index in [1.165, 1.54) is 24.3 Å². The van der Waals surface area contributed by atoms with Gasteiger partial charge in [-0.15, -0.1) is 0 Å². The second kappa shape index (κ2) is 7.41. The van der Waals surface area contributed by atoms with Gasteiger partial charge in [0.15, 0.2) is 0 Å². The molecule has 8 heteroatoms. The maximum atomic E-state index is 13.2. The number of primary sulfonamides is 1. The first-order valence-electron chi connectivity index (χ1n) is 7.18. The van der Waals surface area contributed by atoms with Crippen molar-refractivity contribution >= 4 is 21.7 Å². The molecule has 2 aromatic carbocycles. The van der Waals surface area contributed by atoms with Crippen LogP contribution in [0.2, 0.25) is 0 Å². The minimum Gasteiger partial charge on any atom is -0.338 e. The third kappa shape index (κ3) is 5.04. The molecule has 0 unspecified atom stereocenters. The third-order valence-electron chi connectivity index (χ3n) is 3.37. The van der Waals surface area contributed by atoms with E-state index in [2.05, 4.69) is 10.6 Å². The van der Waals surface area contributed by atoms with Crippen LogP contribution in [0, 0.1) is 12.7 Å². The van der Waals surface area contributed by atoms with Crippen LogP contribution in [0.25, 0.3) is 0 Å². The van der Waals surface area contributed by atoms with Crippen LogP contribution < -0.4 is 15.8 Å². The molecule has 0 bridgehead atoms. The van der Waals surface area contributed by atoms with E-state index in [4.69, 9.17) is 5.14 Å². The van der Waals surface area contributed by atoms with Crippen LogP contribution in [0.4, 0.5) is 14.9 Å². The number of anilines is 1. The standard InChI is InChI=1S/C16H18FN3O3S/c1-11-10-13(4-7-15(11)17)20-16(21)19-9-8-12-2-5-14(6-3-12)24(18,22)23/h2-7,10H,8-9H2,1H3,(H2,18,22,23)(H2,19,20,21). The molecule has 0 fully saturated rings. The minimum atomic E-state index is -3.70. The number of aryl methyl sites for hydroxylation is 1. The molecular formula is C16H18FN3O3S. The monoisotopic (exact) mass is 351 g/mol. The molecule has 2 amide bonds. The van der Waals surface area contributed by atoms with Gasteiger partial charge >= 0.3 is 6.03 Å². The first-order chi connectivity index (χ1) is 11.3. The van der Waals surface area contributed by atoms with Crippen LogP contribution in [0.1, 0.15) is 11.1 Å². The summed E-state index contributed by atoms with van der Waals surface area (Å²) < 4.78 is 35.5. The zero-order valence-corrected chi connectivity index (χ0v) is 13.9. The Bertz CT molecular complexity index is 836. The van der Waals surface area contributed by atoms with Crippen molar-refractivity contribution in [3.05, 3.63) is 59.4 Å². The van der Waals surface area contributed by atoms with Crippen molar-refractivity contribution in [3.63, 3.8) is 0 Å². The zero-order valence-electron chi connectivity index (χ0n) is 13.0. The van der Waals surface area contributed by atoms with Crippen molar-refractivity contribution in [2.24, 2.45) is 5.14 Å². The zero-order chi connectivity index (χ0) is 17.7. The van der Waals surface area contributed by atoms with E-state index < -0.39 is 16.1 Å². The van der Waals surface area contributed by atoms with Crippen LogP contribution in [-0.4, -0.2) is 21.0 Å². The molecule has 0 aliphatic rings. The molecule has 128 valence electrons. The Morgan fingerprint density at radius 1 is 1.17 bits per heavy atom. The van der Waals surface area contributed by atoms with Crippen LogP contribution in [0.15, 0.2) is 47.4 Å². The van der Waals surface area contributed by atoms with Gasteiger partial charge in [-0.2, -0.15) is 0 Å². The normalized spacial score (nSPS) is 11.1. The van der Waals surface area contributed by atoms with Gasteiger partial charge in [-0.25, -0.2) is 22.7 Å². The van der Waals surface area contributed by atoms with E-state index in [1.54, 1.807) is 25.1 Å². The van der Waals surface area contributed by atoms with Gasteiger partial charge in [-0.3, -0.25) is 0 Å². The molecule has 2 rings (SSSR count). The van der Waals surface area contributed by atoms with Gasteiger partial charge in [0.05, 0.1) is 4.90 Å². The summed E-state index contributed by atoms with van der Waals surface area (Å²) in [5.41, 5.74) is 1.81. The summed E-state index contributed by atoms with van der Waals surface area (Å²) in [6, 6.07) is 10.0. The number of hydrogen-bond acceptors (Lipinski definition) is 3. The fourth-order valence-electron chi connectivity index (χ4n) is 2.06. The average molecular weight is 351 g/mol. The summed E-state index contributed by atoms with van der Waals surface area (Å²) in [6.45, 7) is 1.98. The fourth-order valence-corrected chi connectivity index (χ4v) is 2.58. The summed E-state index contributed by atoms with van der Waals surface area (Å²) in [6.07, 6.45) is 0.529. The lowest BCUT2D eigenvalue weighted by Crippen LogP contribution is -2.30. The summed E-state index contributed by atoms with van der Waals surface area (Å²) in [5.74, 6) is -0.330. The smallest absolute Gasteiger partial charge is 0.319 e. The number of urea groups is 1. The Hall–Kier alpha value is -2.45. The number of sulfonamides is 1. The number of benzene rings is 2. The van der Waals surface area contributed by atoms with E-state index in [9.17, 15) is 17.6 Å². The second-order valence-electron chi connectivity index (χ2n) is 5.28. The highest BCUT2D eigenvalue weighted by Gasteiger charge is 2.07. The van der Waals surface area contributed by atoms with Gasteiger partial charge in [0.25, 0.3) is 0 Å². The van der Waals surface area contributed by atoms with Gasteiger partial charge in [0, 0.05) is 12.2 Å². The number of nitrogens with one attached hydrogen (secondary N) is 2. The Morgan fingerprint density at radius 3 is 2.42 bits per heavy atom. The van der Waals surface area contributed by atoms with E-state index in [-0.39, 0.29) is 10.7 Å². The molecule has 0 aliphatic carbocycles. The highest BCUT2D eigenvalue weighted by Crippen LogP contribution is 2.13. The number of nitrogens with two attached hydrogens (primary N) is 1. The molecular weight excluding hydrogens is 333 g/mol. The quantitative estimate of drug-likeness (QED) is 0.769. The molecule has 2 aromatic rings. The summed E-state index contributed by atoms with van der Waals surface area (Å²) in [5, 5.41) is 10.3. The number of halogens is 1. The van der Waals surface area contributed by atoms with Crippen molar-refractivity contribution < 1.29 is 17.6 Å². The summed E-state index contributed by atoms with van der Waals surface area (Å²) in [4.78, 5) is 11.8. The Kier molecular flexibility index (Phi) is 5.53. The van der Waals surface area contributed by atoms with Gasteiger partial charge in [-0.05, 0) is 54.8 Å². The van der Waals surface area contributed by atoms with E-state index in [0.717, 1.165) is 5.56 Å². The predicted molar refractivity (Wildman–Crippen MR) is 89.7 cm³/mol. The lowest BCUT2D eigenvalue weighted by molar-refractivity contribution is 0.252. The van der Waals surface area contributed by atoms with Crippen LogP contribution in [-0.2, 0) is 16.4 Å². The first kappa shape index (κ1) is 17.9. The molecule has 4 N–H and O–H groups in total. The predicted octanol–water partition coefficient (Wildman–Crippen LogP) is 2.15. The number of hydrogen-bond donors (Lipinski definition) is 3. The average Bonchev–Trinajstić information content (AvgIpc) is 2.50. The molecule has 0 aromatic heterocycles. The largest absolute Gasteiger partial charge is 0.338 e. The molecule has 0 aliphatic heterocycles. The number of amides is 2. The van der Waals surface area contributed by atoms with Crippen LogP contribution >= 0.6 is 0 Å². The van der Waals surface area contributed by atoms with Crippen molar-refractivity contribution in [3.8, 4) is 0 Å². The van der Waals surface area contributed by atoms with E-state index in [0.29, 0.717) is 24.2 Å². The summed E-state index contributed by atoms with van der Waals surface area (Å²) >= 11 is 0. The number of carbonyl (C=O) groups excluding carboxylic acids is 1. The molecule has 6 nitrogen and oxygen atoms in total. The Labute approximate surface area is 139 Å². The van der Waals surface area contributed by atoms with Gasteiger partial charge in [0.2, 0.25) is 10.0 Å². The SMILES string of the molecule is Cc1cc(NC(=O)NCCc2ccc(S(N)(=O)=O)cc2)ccc1F. The van der Waals surface area contributed by atoms with Crippen molar-refractivity contribution in [1.82, 2.24) is 5.32 Å². The molecule has 0 atom stereocenters. The van der Waals surface area contributed by atoms with Crippen molar-refractivity contribution in [2.75, 3.05) is 11.9 Å². The summed E-state index contributed by atoms with van der Waals surface area (Å²) in [7, 11) is -3.70. The van der Waals surface area contributed by atoms with Gasteiger partial charge < -0.3 is 10.6 Å².